The first-order valence-electron chi connectivity index (χ1n) is 1.91. The Hall–Kier alpha value is 0.730. The molecule has 5 heavy (non-hydrogen) atoms. The van der Waals surface area contributed by atoms with E-state index in [0.717, 1.165) is 0 Å². The molecular formula is C4H9I. The third kappa shape index (κ3) is 0.778. The number of hydrogen-bond acceptors (Lipinski definition) is 0. The quantitative estimate of drug-likeness (QED) is 0.395. The fourth-order valence-corrected chi connectivity index (χ4v) is 2.69. The zero-order chi connectivity index (χ0) is 3.70. The van der Waals surface area contributed by atoms with E-state index >= 15 is 0 Å². The minimum atomic E-state index is -0.101. The van der Waals surface area contributed by atoms with Crippen LogP contribution in [0.3, 0.4) is 0 Å². The van der Waals surface area contributed by atoms with Gasteiger partial charge in [0.25, 0.3) is 0 Å². The van der Waals surface area contributed by atoms with Crippen molar-refractivity contribution in [3.8, 4) is 0 Å². The van der Waals surface area contributed by atoms with Crippen LogP contribution in [0.25, 0.3) is 0 Å². The van der Waals surface area contributed by atoms with E-state index < -0.39 is 0 Å². The van der Waals surface area contributed by atoms with Gasteiger partial charge < -0.3 is 0 Å². The molecule has 1 heteroatoms. The van der Waals surface area contributed by atoms with Crippen LogP contribution >= 0.6 is 19.8 Å². The maximum absolute atomic E-state index is 2.47. The molecule has 0 aromatic carbocycles. The number of halogens is 1. The summed E-state index contributed by atoms with van der Waals surface area (Å²) in [5.41, 5.74) is 0. The Kier molecular flexibility index (Phi) is 1.13. The van der Waals surface area contributed by atoms with Crippen molar-refractivity contribution < 1.29 is 0 Å². The fraction of sp³-hybridized carbons (Fsp3) is 1.00. The molecule has 0 atom stereocenters. The molecule has 0 nitrogen and oxygen atoms in total. The van der Waals surface area contributed by atoms with Crippen LogP contribution in [0.2, 0.25) is 0 Å². The van der Waals surface area contributed by atoms with Gasteiger partial charge in [-0.3, -0.25) is 0 Å². The second kappa shape index (κ2) is 1.45. The molecule has 0 amide bonds. The Labute approximate surface area is 40.3 Å². The van der Waals surface area contributed by atoms with Crippen LogP contribution in [0.15, 0.2) is 0 Å². The van der Waals surface area contributed by atoms with Crippen LogP contribution in [-0.2, 0) is 0 Å². The Bertz CT molecular complexity index is 30.6. The third-order valence-electron chi connectivity index (χ3n) is 0.912. The molecule has 32 valence electrons. The molecule has 0 saturated carbocycles. The predicted octanol–water partition coefficient (Wildman–Crippen LogP) is 1.53. The van der Waals surface area contributed by atoms with Crippen molar-refractivity contribution >= 4 is 19.8 Å². The predicted molar refractivity (Wildman–Crippen MR) is 34.3 cm³/mol. The summed E-state index contributed by atoms with van der Waals surface area (Å²) in [6.07, 6.45) is 1.56. The third-order valence-corrected chi connectivity index (χ3v) is 6.12. The average Bonchev–Trinajstić information content (AvgIpc) is 1.30. The van der Waals surface area contributed by atoms with Crippen LogP contribution < -0.4 is 0 Å². The molecule has 0 bridgehead atoms. The first-order chi connectivity index (χ1) is 2.39. The van der Waals surface area contributed by atoms with Crippen molar-refractivity contribution in [3.63, 3.8) is 0 Å². The normalized spacial score (nSPS) is 29.4. The molecule has 1 rings (SSSR count). The molecule has 0 spiro atoms. The second-order valence-electron chi connectivity index (χ2n) is 1.46. The van der Waals surface area contributed by atoms with Gasteiger partial charge in [0, 0.05) is 0 Å². The van der Waals surface area contributed by atoms with Gasteiger partial charge in [-0.1, -0.05) is 0 Å². The SMILES string of the molecule is CI1CCC1. The van der Waals surface area contributed by atoms with Gasteiger partial charge in [0.05, 0.1) is 0 Å². The summed E-state index contributed by atoms with van der Waals surface area (Å²) in [4.78, 5) is 2.47. The van der Waals surface area contributed by atoms with Gasteiger partial charge in [0.1, 0.15) is 0 Å². The van der Waals surface area contributed by atoms with Gasteiger partial charge in [-0.25, -0.2) is 0 Å². The molecule has 0 aromatic heterocycles. The first-order valence-corrected chi connectivity index (χ1v) is 7.12. The number of alkyl halides is 3. The standard InChI is InChI=1S/C4H9I/c1-5-3-2-4-5/h2-4H2,1H3. The molecule has 1 aliphatic heterocycles. The Morgan fingerprint density at radius 3 is 1.80 bits per heavy atom. The summed E-state index contributed by atoms with van der Waals surface area (Å²) < 4.78 is 3.29. The molecule has 1 fully saturated rings. The van der Waals surface area contributed by atoms with Gasteiger partial charge in [-0.15, -0.1) is 0 Å². The molecule has 1 saturated heterocycles. The minimum absolute atomic E-state index is 0.101. The Balaban J connectivity index is 2.08. The van der Waals surface area contributed by atoms with Crippen molar-refractivity contribution in [3.05, 3.63) is 0 Å². The topological polar surface area (TPSA) is 0 Å². The zero-order valence-electron chi connectivity index (χ0n) is 3.50. The van der Waals surface area contributed by atoms with Crippen LogP contribution in [0, 0.1) is 0 Å². The van der Waals surface area contributed by atoms with Gasteiger partial charge in [0.15, 0.2) is 0 Å². The van der Waals surface area contributed by atoms with Crippen molar-refractivity contribution in [1.82, 2.24) is 0 Å². The van der Waals surface area contributed by atoms with E-state index in [1.54, 1.807) is 15.3 Å². The second-order valence-corrected chi connectivity index (χ2v) is 7.74. The molecule has 0 aromatic rings. The van der Waals surface area contributed by atoms with Crippen molar-refractivity contribution in [1.29, 1.82) is 0 Å². The molecule has 0 N–H and O–H groups in total. The van der Waals surface area contributed by atoms with Crippen molar-refractivity contribution in [2.45, 2.75) is 6.42 Å². The summed E-state index contributed by atoms with van der Waals surface area (Å²) in [5, 5.41) is 0. The fourth-order valence-electron chi connectivity index (χ4n) is 0.401. The average molecular weight is 184 g/mol. The number of rotatable bonds is 0. The first kappa shape index (κ1) is 3.90. The molecule has 1 aliphatic rings. The molecule has 1 heterocycles. The monoisotopic (exact) mass is 184 g/mol. The number of hydrogen-bond donors (Lipinski definition) is 0. The Morgan fingerprint density at radius 1 is 1.40 bits per heavy atom. The van der Waals surface area contributed by atoms with Gasteiger partial charge in [-0.2, -0.15) is 0 Å². The van der Waals surface area contributed by atoms with Gasteiger partial charge in [0.2, 0.25) is 0 Å². The van der Waals surface area contributed by atoms with E-state index in [0.29, 0.717) is 0 Å². The summed E-state index contributed by atoms with van der Waals surface area (Å²) >= 11 is -0.101. The molecule has 0 unspecified atom stereocenters. The summed E-state index contributed by atoms with van der Waals surface area (Å²) in [7, 11) is 0. The Morgan fingerprint density at radius 2 is 1.80 bits per heavy atom. The van der Waals surface area contributed by atoms with E-state index in [-0.39, 0.29) is 19.8 Å². The summed E-state index contributed by atoms with van der Waals surface area (Å²) in [5.74, 6) is 0. The van der Waals surface area contributed by atoms with Crippen molar-refractivity contribution in [2.24, 2.45) is 0 Å². The van der Waals surface area contributed by atoms with E-state index in [1.807, 2.05) is 0 Å². The van der Waals surface area contributed by atoms with Crippen LogP contribution in [0.5, 0.6) is 0 Å². The van der Waals surface area contributed by atoms with E-state index in [1.165, 1.54) is 0 Å². The summed E-state index contributed by atoms with van der Waals surface area (Å²) in [6, 6.07) is 0. The van der Waals surface area contributed by atoms with Gasteiger partial charge >= 0.3 is 40.0 Å². The van der Waals surface area contributed by atoms with E-state index in [9.17, 15) is 0 Å². The molecule has 0 aliphatic carbocycles. The van der Waals surface area contributed by atoms with Crippen LogP contribution in [0.1, 0.15) is 6.42 Å². The summed E-state index contributed by atoms with van der Waals surface area (Å²) in [6.45, 7) is 0. The van der Waals surface area contributed by atoms with E-state index in [2.05, 4.69) is 4.93 Å². The zero-order valence-corrected chi connectivity index (χ0v) is 5.66. The van der Waals surface area contributed by atoms with Gasteiger partial charge in [-0.05, 0) is 0 Å². The van der Waals surface area contributed by atoms with Crippen LogP contribution in [-0.4, -0.2) is 13.8 Å². The maximum atomic E-state index is 2.47. The van der Waals surface area contributed by atoms with Crippen molar-refractivity contribution in [2.75, 3.05) is 13.8 Å². The molecule has 0 radical (unpaired) electrons. The molecular weight excluding hydrogens is 175 g/mol. The van der Waals surface area contributed by atoms with Crippen LogP contribution in [0.4, 0.5) is 0 Å². The van der Waals surface area contributed by atoms with E-state index in [4.69, 9.17) is 0 Å².